The third-order valence-corrected chi connectivity index (χ3v) is 4.41. The lowest BCUT2D eigenvalue weighted by Gasteiger charge is -2.08. The highest BCUT2D eigenvalue weighted by Crippen LogP contribution is 2.33. The van der Waals surface area contributed by atoms with Crippen LogP contribution in [0.3, 0.4) is 0 Å². The van der Waals surface area contributed by atoms with E-state index in [4.69, 9.17) is 14.3 Å². The van der Waals surface area contributed by atoms with E-state index in [1.807, 2.05) is 4.98 Å². The number of aromatic nitrogens is 2. The standard InChI is InChI=1S/C15H11F4N3O2.C2HF3O2/c16-8-3-7-9(23)4-10(6-1-2-20-5-6)24-13(7)12-11(8)21-14(22-12)15(17,18)19;3-2(4,5)1(6)7/h3-4,6,20H,1-2,5H2,(H,21,22);(H,6,7). The molecule has 7 nitrogen and oxygen atoms in total. The molecule has 0 spiro atoms. The predicted octanol–water partition coefficient (Wildman–Crippen LogP) is 3.54. The average molecular weight is 455 g/mol. The van der Waals surface area contributed by atoms with Crippen molar-refractivity contribution in [2.24, 2.45) is 0 Å². The van der Waals surface area contributed by atoms with Crippen molar-refractivity contribution in [3.8, 4) is 0 Å². The van der Waals surface area contributed by atoms with Crippen molar-refractivity contribution in [3.63, 3.8) is 0 Å². The fourth-order valence-corrected chi connectivity index (χ4v) is 2.98. The predicted molar refractivity (Wildman–Crippen MR) is 91.0 cm³/mol. The topological polar surface area (TPSA) is 108 Å². The summed E-state index contributed by atoms with van der Waals surface area (Å²) in [7, 11) is 0. The first-order valence-electron chi connectivity index (χ1n) is 8.53. The molecule has 1 fully saturated rings. The zero-order valence-corrected chi connectivity index (χ0v) is 15.1. The molecule has 0 aliphatic carbocycles. The second kappa shape index (κ2) is 7.83. The minimum absolute atomic E-state index is 0.0526. The van der Waals surface area contributed by atoms with Crippen LogP contribution in [-0.4, -0.2) is 40.3 Å². The van der Waals surface area contributed by atoms with Gasteiger partial charge in [0.05, 0.1) is 5.39 Å². The molecule has 168 valence electrons. The van der Waals surface area contributed by atoms with E-state index in [0.29, 0.717) is 12.3 Å². The summed E-state index contributed by atoms with van der Waals surface area (Å²) in [5, 5.41) is 10.1. The number of H-pyrrole nitrogens is 1. The molecule has 3 heterocycles. The van der Waals surface area contributed by atoms with E-state index in [2.05, 4.69) is 10.3 Å². The van der Waals surface area contributed by atoms with Gasteiger partial charge in [0, 0.05) is 18.5 Å². The summed E-state index contributed by atoms with van der Waals surface area (Å²) in [6, 6.07) is 2.14. The Balaban J connectivity index is 0.000000339. The minimum atomic E-state index is -5.08. The summed E-state index contributed by atoms with van der Waals surface area (Å²) in [4.78, 5) is 26.5. The van der Waals surface area contributed by atoms with E-state index >= 15 is 0 Å². The molecule has 0 saturated carbocycles. The summed E-state index contributed by atoms with van der Waals surface area (Å²) >= 11 is 0. The van der Waals surface area contributed by atoms with Crippen molar-refractivity contribution in [1.29, 1.82) is 0 Å². The normalized spacial score (nSPS) is 17.1. The van der Waals surface area contributed by atoms with E-state index in [1.165, 1.54) is 6.07 Å². The Morgan fingerprint density at radius 1 is 1.19 bits per heavy atom. The van der Waals surface area contributed by atoms with Crippen LogP contribution >= 0.6 is 0 Å². The summed E-state index contributed by atoms with van der Waals surface area (Å²) in [5.41, 5.74) is -1.40. The smallest absolute Gasteiger partial charge is 0.475 e. The van der Waals surface area contributed by atoms with Crippen LogP contribution in [0.5, 0.6) is 0 Å². The molecule has 0 radical (unpaired) electrons. The Morgan fingerprint density at radius 2 is 1.84 bits per heavy atom. The van der Waals surface area contributed by atoms with Crippen molar-refractivity contribution < 1.29 is 45.1 Å². The van der Waals surface area contributed by atoms with Gasteiger partial charge in [-0.05, 0) is 19.0 Å². The van der Waals surface area contributed by atoms with Gasteiger partial charge in [0.1, 0.15) is 22.6 Å². The third kappa shape index (κ3) is 4.62. The second-order valence-electron chi connectivity index (χ2n) is 6.55. The number of rotatable bonds is 1. The Morgan fingerprint density at radius 3 is 2.35 bits per heavy atom. The Labute approximate surface area is 166 Å². The van der Waals surface area contributed by atoms with Crippen LogP contribution in [0.2, 0.25) is 0 Å². The molecule has 1 unspecified atom stereocenters. The number of hydrogen-bond acceptors (Lipinski definition) is 5. The molecule has 3 N–H and O–H groups in total. The molecule has 1 aliphatic rings. The molecule has 1 saturated heterocycles. The number of hydrogen-bond donors (Lipinski definition) is 3. The first-order chi connectivity index (χ1) is 14.3. The molecule has 4 rings (SSSR count). The van der Waals surface area contributed by atoms with Crippen molar-refractivity contribution in [2.45, 2.75) is 24.7 Å². The van der Waals surface area contributed by atoms with E-state index in [0.717, 1.165) is 19.0 Å². The van der Waals surface area contributed by atoms with Crippen LogP contribution in [-0.2, 0) is 11.0 Å². The van der Waals surface area contributed by atoms with Gasteiger partial charge in [-0.25, -0.2) is 14.2 Å². The van der Waals surface area contributed by atoms with Gasteiger partial charge in [-0.3, -0.25) is 4.79 Å². The van der Waals surface area contributed by atoms with Crippen LogP contribution in [0.25, 0.3) is 22.0 Å². The van der Waals surface area contributed by atoms with E-state index in [9.17, 15) is 35.5 Å². The maximum absolute atomic E-state index is 14.1. The van der Waals surface area contributed by atoms with E-state index < -0.39 is 40.9 Å². The number of fused-ring (bicyclic) bond motifs is 3. The largest absolute Gasteiger partial charge is 0.490 e. The molecule has 1 aliphatic heterocycles. The number of halogens is 7. The van der Waals surface area contributed by atoms with Crippen LogP contribution in [0.15, 0.2) is 21.3 Å². The first-order valence-corrected chi connectivity index (χ1v) is 8.53. The molecule has 3 aromatic rings. The van der Waals surface area contributed by atoms with Crippen LogP contribution in [0.4, 0.5) is 30.7 Å². The lowest BCUT2D eigenvalue weighted by molar-refractivity contribution is -0.192. The fraction of sp³-hybridized carbons (Fsp3) is 0.353. The highest BCUT2D eigenvalue weighted by atomic mass is 19.4. The lowest BCUT2D eigenvalue weighted by Crippen LogP contribution is -2.21. The minimum Gasteiger partial charge on any atom is -0.475 e. The first kappa shape index (κ1) is 22.5. The van der Waals surface area contributed by atoms with Crippen LogP contribution in [0, 0.1) is 5.82 Å². The number of benzene rings is 1. The zero-order chi connectivity index (χ0) is 23.1. The fourth-order valence-electron chi connectivity index (χ4n) is 2.98. The van der Waals surface area contributed by atoms with E-state index in [1.54, 1.807) is 0 Å². The SMILES string of the molecule is O=C(O)C(F)(F)F.O=c1cc(C2CCNC2)oc2c1cc(F)c1[nH]c(C(F)(F)F)nc12. The number of carbonyl (C=O) groups is 1. The van der Waals surface area contributed by atoms with Gasteiger partial charge in [0.2, 0.25) is 5.82 Å². The summed E-state index contributed by atoms with van der Waals surface area (Å²) in [5.74, 6) is -4.76. The number of aromatic amines is 1. The molecule has 0 bridgehead atoms. The van der Waals surface area contributed by atoms with Crippen molar-refractivity contribution in [1.82, 2.24) is 15.3 Å². The second-order valence-corrected chi connectivity index (χ2v) is 6.55. The van der Waals surface area contributed by atoms with Gasteiger partial charge in [-0.2, -0.15) is 26.3 Å². The molecule has 14 heteroatoms. The molecular formula is C17H12F7N3O4. The molecule has 0 amide bonds. The molecule has 31 heavy (non-hydrogen) atoms. The maximum Gasteiger partial charge on any atom is 0.490 e. The van der Waals surface area contributed by atoms with Gasteiger partial charge in [0.15, 0.2) is 11.0 Å². The van der Waals surface area contributed by atoms with Gasteiger partial charge in [0.25, 0.3) is 0 Å². The van der Waals surface area contributed by atoms with Gasteiger partial charge in [-0.15, -0.1) is 0 Å². The number of carboxylic acid groups (broad SMARTS) is 1. The van der Waals surface area contributed by atoms with Gasteiger partial charge < -0.3 is 19.8 Å². The Kier molecular flexibility index (Phi) is 5.69. The number of imidazole rings is 1. The highest BCUT2D eigenvalue weighted by Gasteiger charge is 2.38. The summed E-state index contributed by atoms with van der Waals surface area (Å²) in [6.07, 6.45) is -9.10. The quantitative estimate of drug-likeness (QED) is 0.485. The highest BCUT2D eigenvalue weighted by molar-refractivity contribution is 6.00. The molecule has 1 aromatic carbocycles. The monoisotopic (exact) mass is 455 g/mol. The van der Waals surface area contributed by atoms with Crippen molar-refractivity contribution in [3.05, 3.63) is 39.8 Å². The number of alkyl halides is 6. The summed E-state index contributed by atoms with van der Waals surface area (Å²) in [6.45, 7) is 1.36. The van der Waals surface area contributed by atoms with Crippen molar-refractivity contribution >= 4 is 28.0 Å². The van der Waals surface area contributed by atoms with Gasteiger partial charge in [-0.1, -0.05) is 0 Å². The number of nitrogens with zero attached hydrogens (tertiary/aromatic N) is 1. The number of carboxylic acids is 1. The molecule has 2 aromatic heterocycles. The maximum atomic E-state index is 14.1. The van der Waals surface area contributed by atoms with Crippen molar-refractivity contribution in [2.75, 3.05) is 13.1 Å². The number of aliphatic carboxylic acids is 1. The Bertz CT molecular complexity index is 1190. The third-order valence-electron chi connectivity index (χ3n) is 4.41. The molecular weight excluding hydrogens is 443 g/mol. The van der Waals surface area contributed by atoms with Gasteiger partial charge >= 0.3 is 18.3 Å². The average Bonchev–Trinajstić information content (AvgIpc) is 3.32. The van der Waals surface area contributed by atoms with E-state index in [-0.39, 0.29) is 22.4 Å². The van der Waals surface area contributed by atoms with Crippen LogP contribution in [0.1, 0.15) is 23.9 Å². The lowest BCUT2D eigenvalue weighted by atomic mass is 10.0. The Hall–Kier alpha value is -3.16. The number of nitrogens with one attached hydrogen (secondary N) is 2. The summed E-state index contributed by atoms with van der Waals surface area (Å²) < 4.78 is 90.0. The van der Waals surface area contributed by atoms with Crippen LogP contribution < -0.4 is 10.7 Å². The molecule has 1 atom stereocenters. The zero-order valence-electron chi connectivity index (χ0n) is 15.1.